The van der Waals surface area contributed by atoms with Crippen molar-refractivity contribution in [2.24, 2.45) is 0 Å². The summed E-state index contributed by atoms with van der Waals surface area (Å²) < 4.78 is 36.8. The third-order valence-corrected chi connectivity index (χ3v) is 3.69. The SMILES string of the molecule is Cc1ccc(CCC(=O)NCc2cccc(NC(=O)C(F)(F)F)c2)cc1. The highest BCUT2D eigenvalue weighted by Crippen LogP contribution is 2.19. The van der Waals surface area contributed by atoms with E-state index >= 15 is 0 Å². The maximum absolute atomic E-state index is 12.3. The van der Waals surface area contributed by atoms with Gasteiger partial charge < -0.3 is 10.6 Å². The van der Waals surface area contributed by atoms with Gasteiger partial charge in [-0.2, -0.15) is 13.2 Å². The van der Waals surface area contributed by atoms with Crippen molar-refractivity contribution >= 4 is 17.5 Å². The van der Waals surface area contributed by atoms with Crippen molar-refractivity contribution < 1.29 is 22.8 Å². The average Bonchev–Trinajstić information content (AvgIpc) is 2.59. The first-order valence-corrected chi connectivity index (χ1v) is 8.03. The Labute approximate surface area is 149 Å². The molecule has 2 amide bonds. The number of benzene rings is 2. The van der Waals surface area contributed by atoms with Gasteiger partial charge in [-0.3, -0.25) is 9.59 Å². The third kappa shape index (κ3) is 6.23. The lowest BCUT2D eigenvalue weighted by atomic mass is 10.1. The molecule has 0 bridgehead atoms. The summed E-state index contributed by atoms with van der Waals surface area (Å²) in [7, 11) is 0. The first-order valence-electron chi connectivity index (χ1n) is 8.03. The number of carbonyl (C=O) groups excluding carboxylic acids is 2. The Morgan fingerprint density at radius 3 is 2.35 bits per heavy atom. The van der Waals surface area contributed by atoms with Gasteiger partial charge in [0.05, 0.1) is 0 Å². The quantitative estimate of drug-likeness (QED) is 0.820. The third-order valence-electron chi connectivity index (χ3n) is 3.69. The molecule has 2 aromatic carbocycles. The monoisotopic (exact) mass is 364 g/mol. The second-order valence-electron chi connectivity index (χ2n) is 5.91. The fourth-order valence-electron chi connectivity index (χ4n) is 2.26. The number of halogens is 3. The summed E-state index contributed by atoms with van der Waals surface area (Å²) in [5.41, 5.74) is 2.82. The molecule has 0 unspecified atom stereocenters. The summed E-state index contributed by atoms with van der Waals surface area (Å²) in [6.45, 7) is 2.16. The molecule has 0 atom stereocenters. The highest BCUT2D eigenvalue weighted by molar-refractivity contribution is 5.94. The Hall–Kier alpha value is -2.83. The number of rotatable bonds is 6. The average molecular weight is 364 g/mol. The van der Waals surface area contributed by atoms with Crippen LogP contribution in [0.3, 0.4) is 0 Å². The van der Waals surface area contributed by atoms with Crippen LogP contribution in [0.25, 0.3) is 0 Å². The highest BCUT2D eigenvalue weighted by atomic mass is 19.4. The van der Waals surface area contributed by atoms with Crippen molar-refractivity contribution in [3.8, 4) is 0 Å². The summed E-state index contributed by atoms with van der Waals surface area (Å²) in [6, 6.07) is 13.8. The van der Waals surface area contributed by atoms with E-state index in [2.05, 4.69) is 5.32 Å². The molecule has 0 saturated heterocycles. The fraction of sp³-hybridized carbons (Fsp3) is 0.263. The smallest absolute Gasteiger partial charge is 0.352 e. The van der Waals surface area contributed by atoms with E-state index in [4.69, 9.17) is 0 Å². The topological polar surface area (TPSA) is 58.2 Å². The number of hydrogen-bond acceptors (Lipinski definition) is 2. The molecule has 26 heavy (non-hydrogen) atoms. The van der Waals surface area contributed by atoms with Crippen LogP contribution in [0.5, 0.6) is 0 Å². The van der Waals surface area contributed by atoms with E-state index in [1.807, 2.05) is 31.2 Å². The van der Waals surface area contributed by atoms with Gasteiger partial charge in [-0.1, -0.05) is 42.0 Å². The van der Waals surface area contributed by atoms with Crippen LogP contribution in [0.15, 0.2) is 48.5 Å². The molecule has 0 saturated carbocycles. The van der Waals surface area contributed by atoms with E-state index in [1.54, 1.807) is 11.4 Å². The predicted octanol–water partition coefficient (Wildman–Crippen LogP) is 3.74. The maximum atomic E-state index is 12.3. The second kappa shape index (κ2) is 8.51. The molecule has 0 aliphatic heterocycles. The van der Waals surface area contributed by atoms with Crippen molar-refractivity contribution in [1.29, 1.82) is 0 Å². The molecule has 0 aliphatic carbocycles. The summed E-state index contributed by atoms with van der Waals surface area (Å²) in [5.74, 6) is -2.19. The Morgan fingerprint density at radius 2 is 1.69 bits per heavy atom. The number of carbonyl (C=O) groups is 2. The van der Waals surface area contributed by atoms with Crippen LogP contribution in [-0.4, -0.2) is 18.0 Å². The first-order chi connectivity index (χ1) is 12.2. The maximum Gasteiger partial charge on any atom is 0.471 e. The molecule has 2 aromatic rings. The minimum absolute atomic E-state index is 0.0266. The molecule has 0 heterocycles. The fourth-order valence-corrected chi connectivity index (χ4v) is 2.26. The summed E-state index contributed by atoms with van der Waals surface area (Å²) >= 11 is 0. The van der Waals surface area contributed by atoms with E-state index in [0.29, 0.717) is 18.4 Å². The lowest BCUT2D eigenvalue weighted by Crippen LogP contribution is -2.30. The van der Waals surface area contributed by atoms with Gasteiger partial charge in [0.15, 0.2) is 0 Å². The van der Waals surface area contributed by atoms with E-state index < -0.39 is 12.1 Å². The molecule has 0 fully saturated rings. The zero-order valence-corrected chi connectivity index (χ0v) is 14.2. The van der Waals surface area contributed by atoms with Crippen molar-refractivity contribution in [3.05, 3.63) is 65.2 Å². The van der Waals surface area contributed by atoms with Crippen molar-refractivity contribution in [3.63, 3.8) is 0 Å². The van der Waals surface area contributed by atoms with Gasteiger partial charge >= 0.3 is 12.1 Å². The van der Waals surface area contributed by atoms with Gasteiger partial charge in [0, 0.05) is 18.7 Å². The van der Waals surface area contributed by atoms with Gasteiger partial charge in [-0.05, 0) is 36.6 Å². The zero-order valence-electron chi connectivity index (χ0n) is 14.2. The van der Waals surface area contributed by atoms with Crippen LogP contribution in [0, 0.1) is 6.92 Å². The normalized spacial score (nSPS) is 11.1. The number of nitrogens with one attached hydrogen (secondary N) is 2. The van der Waals surface area contributed by atoms with E-state index in [0.717, 1.165) is 11.1 Å². The molecule has 7 heteroatoms. The van der Waals surface area contributed by atoms with Crippen molar-refractivity contribution in [2.45, 2.75) is 32.5 Å². The molecule has 0 aliphatic rings. The number of alkyl halides is 3. The Morgan fingerprint density at radius 1 is 1.00 bits per heavy atom. The summed E-state index contributed by atoms with van der Waals surface area (Å²) in [6.07, 6.45) is -4.03. The lowest BCUT2D eigenvalue weighted by Gasteiger charge is -2.10. The van der Waals surface area contributed by atoms with Crippen LogP contribution in [-0.2, 0) is 22.6 Å². The predicted molar refractivity (Wildman–Crippen MR) is 92.5 cm³/mol. The Bertz CT molecular complexity index is 771. The standard InChI is InChI=1S/C19H19F3N2O2/c1-13-5-7-14(8-6-13)9-10-17(25)23-12-15-3-2-4-16(11-15)24-18(26)19(20,21)22/h2-8,11H,9-10,12H2,1H3,(H,23,25)(H,24,26). The van der Waals surface area contributed by atoms with E-state index in [-0.39, 0.29) is 18.1 Å². The molecule has 2 N–H and O–H groups in total. The molecule has 138 valence electrons. The molecule has 0 radical (unpaired) electrons. The minimum atomic E-state index is -4.94. The van der Waals surface area contributed by atoms with Crippen LogP contribution >= 0.6 is 0 Å². The van der Waals surface area contributed by atoms with Gasteiger partial charge in [0.1, 0.15) is 0 Å². The van der Waals surface area contributed by atoms with E-state index in [9.17, 15) is 22.8 Å². The van der Waals surface area contributed by atoms with Gasteiger partial charge in [0.2, 0.25) is 5.91 Å². The van der Waals surface area contributed by atoms with Crippen molar-refractivity contribution in [1.82, 2.24) is 5.32 Å². The Kier molecular flexibility index (Phi) is 6.38. The van der Waals surface area contributed by atoms with Gasteiger partial charge in [-0.25, -0.2) is 0 Å². The number of aryl methyl sites for hydroxylation is 2. The highest BCUT2D eigenvalue weighted by Gasteiger charge is 2.38. The molecular weight excluding hydrogens is 345 g/mol. The number of amides is 2. The molecular formula is C19H19F3N2O2. The first kappa shape index (κ1) is 19.5. The summed E-state index contributed by atoms with van der Waals surface area (Å²) in [4.78, 5) is 22.9. The minimum Gasteiger partial charge on any atom is -0.352 e. The van der Waals surface area contributed by atoms with Crippen LogP contribution < -0.4 is 10.6 Å². The van der Waals surface area contributed by atoms with Crippen LogP contribution in [0.4, 0.5) is 18.9 Å². The molecule has 4 nitrogen and oxygen atoms in total. The second-order valence-corrected chi connectivity index (χ2v) is 5.91. The van der Waals surface area contributed by atoms with Crippen LogP contribution in [0.1, 0.15) is 23.1 Å². The number of hydrogen-bond donors (Lipinski definition) is 2. The van der Waals surface area contributed by atoms with E-state index in [1.165, 1.54) is 18.2 Å². The number of anilines is 1. The molecule has 2 rings (SSSR count). The summed E-state index contributed by atoms with van der Waals surface area (Å²) in [5, 5.41) is 4.50. The zero-order chi connectivity index (χ0) is 19.2. The Balaban J connectivity index is 1.83. The largest absolute Gasteiger partial charge is 0.471 e. The van der Waals surface area contributed by atoms with Crippen LogP contribution in [0.2, 0.25) is 0 Å². The molecule has 0 spiro atoms. The van der Waals surface area contributed by atoms with Gasteiger partial charge in [0.25, 0.3) is 0 Å². The van der Waals surface area contributed by atoms with Crippen molar-refractivity contribution in [2.75, 3.05) is 5.32 Å². The van der Waals surface area contributed by atoms with Gasteiger partial charge in [-0.15, -0.1) is 0 Å². The lowest BCUT2D eigenvalue weighted by molar-refractivity contribution is -0.167. The molecule has 0 aromatic heterocycles.